The normalized spacial score (nSPS) is 12.2. The smallest absolute Gasteiger partial charge is 0.252 e. The van der Waals surface area contributed by atoms with Crippen LogP contribution in [0.15, 0.2) is 30.3 Å². The van der Waals surface area contributed by atoms with E-state index in [9.17, 15) is 9.59 Å². The molecule has 0 aliphatic rings. The fraction of sp³-hybridized carbons (Fsp3) is 0.267. The van der Waals surface area contributed by atoms with Gasteiger partial charge in [0.2, 0.25) is 0 Å². The predicted octanol–water partition coefficient (Wildman–Crippen LogP) is 2.25. The maximum absolute atomic E-state index is 12.2. The Hall–Kier alpha value is -2.23. The van der Waals surface area contributed by atoms with Gasteiger partial charge in [-0.15, -0.1) is 0 Å². The van der Waals surface area contributed by atoms with Crippen LogP contribution in [0.3, 0.4) is 0 Å². The van der Waals surface area contributed by atoms with Gasteiger partial charge in [-0.25, -0.2) is 0 Å². The molecule has 0 spiro atoms. The second-order valence-corrected chi connectivity index (χ2v) is 4.63. The quantitative estimate of drug-likeness (QED) is 0.916. The van der Waals surface area contributed by atoms with Crippen molar-refractivity contribution in [2.24, 2.45) is 0 Å². The summed E-state index contributed by atoms with van der Waals surface area (Å²) in [6.07, 6.45) is 0. The third-order valence-electron chi connectivity index (χ3n) is 3.05. The number of Topliss-reactive ketones (excluding diaryl/α,β-unsaturated/α-hetero) is 1. The number of ketones is 1. The first kappa shape index (κ1) is 13.2. The highest BCUT2D eigenvalue weighted by Crippen LogP contribution is 2.18. The summed E-state index contributed by atoms with van der Waals surface area (Å²) in [5.74, 6) is -0.312. The molecular weight excluding hydrogens is 240 g/mol. The molecule has 2 aromatic rings. The van der Waals surface area contributed by atoms with Crippen LogP contribution in [0.2, 0.25) is 0 Å². The van der Waals surface area contributed by atoms with Crippen LogP contribution in [0.1, 0.15) is 29.9 Å². The molecule has 19 heavy (non-hydrogen) atoms. The van der Waals surface area contributed by atoms with Crippen molar-refractivity contribution in [2.45, 2.75) is 26.8 Å². The number of aromatic nitrogens is 1. The molecular formula is C15H16N2O2. The minimum absolute atomic E-state index is 0.0663. The van der Waals surface area contributed by atoms with Crippen molar-refractivity contribution in [3.63, 3.8) is 0 Å². The third-order valence-corrected chi connectivity index (χ3v) is 3.05. The Morgan fingerprint density at radius 1 is 1.26 bits per heavy atom. The van der Waals surface area contributed by atoms with Gasteiger partial charge in [-0.2, -0.15) is 0 Å². The SMILES string of the molecule is CC(=O)C(C)NC(=O)c1cc(C)nc2ccccc12. The number of nitrogens with one attached hydrogen (secondary N) is 1. The minimum Gasteiger partial charge on any atom is -0.343 e. The number of rotatable bonds is 3. The number of aryl methyl sites for hydroxylation is 1. The van der Waals surface area contributed by atoms with Gasteiger partial charge in [0, 0.05) is 11.1 Å². The van der Waals surface area contributed by atoms with E-state index < -0.39 is 6.04 Å². The van der Waals surface area contributed by atoms with Crippen molar-refractivity contribution >= 4 is 22.6 Å². The maximum Gasteiger partial charge on any atom is 0.252 e. The van der Waals surface area contributed by atoms with E-state index in [0.717, 1.165) is 16.6 Å². The van der Waals surface area contributed by atoms with Gasteiger partial charge in [0.1, 0.15) is 0 Å². The molecule has 0 aliphatic heterocycles. The first-order valence-electron chi connectivity index (χ1n) is 6.16. The summed E-state index contributed by atoms with van der Waals surface area (Å²) in [4.78, 5) is 27.8. The Balaban J connectivity index is 2.44. The number of hydrogen-bond donors (Lipinski definition) is 1. The molecule has 1 unspecified atom stereocenters. The molecule has 0 fully saturated rings. The van der Waals surface area contributed by atoms with Gasteiger partial charge in [-0.3, -0.25) is 14.6 Å². The molecule has 1 aromatic carbocycles. The van der Waals surface area contributed by atoms with E-state index in [0.29, 0.717) is 5.56 Å². The molecule has 98 valence electrons. The Kier molecular flexibility index (Phi) is 3.60. The molecule has 0 saturated heterocycles. The van der Waals surface area contributed by atoms with E-state index in [4.69, 9.17) is 0 Å². The molecule has 1 heterocycles. The number of carbonyl (C=O) groups is 2. The van der Waals surface area contributed by atoms with Gasteiger partial charge in [0.15, 0.2) is 5.78 Å². The van der Waals surface area contributed by atoms with Crippen LogP contribution in [0, 0.1) is 6.92 Å². The number of fused-ring (bicyclic) bond motifs is 1. The minimum atomic E-state index is -0.486. The summed E-state index contributed by atoms with van der Waals surface area (Å²) < 4.78 is 0. The fourth-order valence-electron chi connectivity index (χ4n) is 1.87. The van der Waals surface area contributed by atoms with Crippen molar-refractivity contribution in [1.82, 2.24) is 10.3 Å². The van der Waals surface area contributed by atoms with Crippen molar-refractivity contribution in [3.05, 3.63) is 41.6 Å². The molecule has 1 atom stereocenters. The zero-order valence-corrected chi connectivity index (χ0v) is 11.2. The number of amides is 1. The van der Waals surface area contributed by atoms with Gasteiger partial charge >= 0.3 is 0 Å². The third kappa shape index (κ3) is 2.78. The molecule has 0 aliphatic carbocycles. The van der Waals surface area contributed by atoms with E-state index in [1.807, 2.05) is 31.2 Å². The summed E-state index contributed by atoms with van der Waals surface area (Å²) in [5, 5.41) is 3.49. The molecule has 2 rings (SSSR count). The molecule has 4 heteroatoms. The standard InChI is InChI=1S/C15H16N2O2/c1-9-8-13(15(19)17-10(2)11(3)18)12-6-4-5-7-14(12)16-9/h4-8,10H,1-3H3,(H,17,19). The molecule has 1 amide bonds. The monoisotopic (exact) mass is 256 g/mol. The summed E-state index contributed by atoms with van der Waals surface area (Å²) in [6, 6.07) is 8.73. The first-order valence-corrected chi connectivity index (χ1v) is 6.16. The molecule has 4 nitrogen and oxygen atoms in total. The predicted molar refractivity (Wildman–Crippen MR) is 74.1 cm³/mol. The zero-order chi connectivity index (χ0) is 14.0. The second kappa shape index (κ2) is 5.18. The van der Waals surface area contributed by atoms with Gasteiger partial charge < -0.3 is 5.32 Å². The fourth-order valence-corrected chi connectivity index (χ4v) is 1.87. The van der Waals surface area contributed by atoms with Crippen molar-refractivity contribution in [3.8, 4) is 0 Å². The van der Waals surface area contributed by atoms with Gasteiger partial charge in [-0.05, 0) is 32.9 Å². The van der Waals surface area contributed by atoms with Crippen LogP contribution in [-0.2, 0) is 4.79 Å². The van der Waals surface area contributed by atoms with Crippen LogP contribution in [0.4, 0.5) is 0 Å². The number of benzene rings is 1. The van der Waals surface area contributed by atoms with E-state index >= 15 is 0 Å². The molecule has 0 radical (unpaired) electrons. The van der Waals surface area contributed by atoms with Crippen LogP contribution in [0.25, 0.3) is 10.9 Å². The number of pyridine rings is 1. The molecule has 1 N–H and O–H groups in total. The average molecular weight is 256 g/mol. The van der Waals surface area contributed by atoms with Gasteiger partial charge in [-0.1, -0.05) is 18.2 Å². The highest BCUT2D eigenvalue weighted by molar-refractivity contribution is 6.07. The highest BCUT2D eigenvalue weighted by atomic mass is 16.2. The van der Waals surface area contributed by atoms with Gasteiger partial charge in [0.25, 0.3) is 5.91 Å². The van der Waals surface area contributed by atoms with E-state index in [2.05, 4.69) is 10.3 Å². The number of nitrogens with zero attached hydrogens (tertiary/aromatic N) is 1. The lowest BCUT2D eigenvalue weighted by Crippen LogP contribution is -2.37. The van der Waals surface area contributed by atoms with Crippen LogP contribution in [0.5, 0.6) is 0 Å². The number of para-hydroxylation sites is 1. The van der Waals surface area contributed by atoms with Crippen molar-refractivity contribution in [2.75, 3.05) is 0 Å². The second-order valence-electron chi connectivity index (χ2n) is 4.63. The topological polar surface area (TPSA) is 59.1 Å². The lowest BCUT2D eigenvalue weighted by Gasteiger charge is -2.12. The Labute approximate surface area is 111 Å². The Morgan fingerprint density at radius 2 is 1.95 bits per heavy atom. The molecule has 1 aromatic heterocycles. The summed E-state index contributed by atoms with van der Waals surface area (Å²) in [5.41, 5.74) is 2.11. The van der Waals surface area contributed by atoms with Gasteiger partial charge in [0.05, 0.1) is 17.1 Å². The molecule has 0 bridgehead atoms. The highest BCUT2D eigenvalue weighted by Gasteiger charge is 2.16. The molecule has 0 saturated carbocycles. The first-order chi connectivity index (χ1) is 8.99. The Morgan fingerprint density at radius 3 is 2.63 bits per heavy atom. The zero-order valence-electron chi connectivity index (χ0n) is 11.2. The van der Waals surface area contributed by atoms with E-state index in [1.165, 1.54) is 6.92 Å². The summed E-state index contributed by atoms with van der Waals surface area (Å²) in [7, 11) is 0. The summed E-state index contributed by atoms with van der Waals surface area (Å²) in [6.45, 7) is 4.98. The van der Waals surface area contributed by atoms with Crippen molar-refractivity contribution < 1.29 is 9.59 Å². The van der Waals surface area contributed by atoms with Crippen LogP contribution >= 0.6 is 0 Å². The van der Waals surface area contributed by atoms with E-state index in [-0.39, 0.29) is 11.7 Å². The lowest BCUT2D eigenvalue weighted by atomic mass is 10.1. The average Bonchev–Trinajstić information content (AvgIpc) is 2.37. The lowest BCUT2D eigenvalue weighted by molar-refractivity contribution is -0.118. The van der Waals surface area contributed by atoms with Crippen LogP contribution < -0.4 is 5.32 Å². The maximum atomic E-state index is 12.2. The number of hydrogen-bond acceptors (Lipinski definition) is 3. The number of carbonyl (C=O) groups excluding carboxylic acids is 2. The van der Waals surface area contributed by atoms with E-state index in [1.54, 1.807) is 13.0 Å². The van der Waals surface area contributed by atoms with Crippen molar-refractivity contribution in [1.29, 1.82) is 0 Å². The van der Waals surface area contributed by atoms with Crippen LogP contribution in [-0.4, -0.2) is 22.7 Å². The summed E-state index contributed by atoms with van der Waals surface area (Å²) >= 11 is 0. The Bertz CT molecular complexity index is 650. The largest absolute Gasteiger partial charge is 0.343 e.